The lowest BCUT2D eigenvalue weighted by molar-refractivity contribution is -0.128. The van der Waals surface area contributed by atoms with Gasteiger partial charge in [-0.05, 0) is 20.3 Å². The van der Waals surface area contributed by atoms with E-state index in [4.69, 9.17) is 0 Å². The number of aryl methyl sites for hydroxylation is 1. The van der Waals surface area contributed by atoms with Crippen LogP contribution in [0.1, 0.15) is 31.0 Å². The number of nitrogens with zero attached hydrogens (tertiary/aromatic N) is 1. The lowest BCUT2D eigenvalue weighted by Crippen LogP contribution is -2.55. The molecule has 0 aromatic carbocycles. The molecule has 1 unspecified atom stereocenters. The second-order valence-corrected chi connectivity index (χ2v) is 5.68. The van der Waals surface area contributed by atoms with Crippen molar-refractivity contribution in [2.24, 2.45) is 5.92 Å². The largest absolute Gasteiger partial charge is 0.344 e. The summed E-state index contributed by atoms with van der Waals surface area (Å²) < 4.78 is 0. The monoisotopic (exact) mass is 289 g/mol. The average molecular weight is 290 g/mol. The fourth-order valence-corrected chi connectivity index (χ4v) is 2.74. The van der Waals surface area contributed by atoms with Gasteiger partial charge in [0.25, 0.3) is 0 Å². The Morgan fingerprint density at radius 3 is 2.72 bits per heavy atom. The van der Waals surface area contributed by atoms with Crippen molar-refractivity contribution < 1.29 is 4.79 Å². The molecule has 1 aliphatic rings. The number of amides is 1. The number of hydrogen-bond acceptors (Lipinski definition) is 4. The van der Waals surface area contributed by atoms with Crippen molar-refractivity contribution in [2.45, 2.75) is 32.7 Å². The van der Waals surface area contributed by atoms with Gasteiger partial charge in [-0.25, -0.2) is 4.98 Å². The summed E-state index contributed by atoms with van der Waals surface area (Å²) in [6, 6.07) is 0. The molecule has 6 heteroatoms. The summed E-state index contributed by atoms with van der Waals surface area (Å²) in [4.78, 5) is 16.5. The second-order valence-electron chi connectivity index (χ2n) is 4.82. The highest BCUT2D eigenvalue weighted by Crippen LogP contribution is 2.28. The lowest BCUT2D eigenvalue weighted by Gasteiger charge is -2.33. The van der Waals surface area contributed by atoms with Gasteiger partial charge in [-0.1, -0.05) is 6.92 Å². The van der Waals surface area contributed by atoms with Gasteiger partial charge < -0.3 is 10.6 Å². The van der Waals surface area contributed by atoms with E-state index in [9.17, 15) is 4.79 Å². The summed E-state index contributed by atoms with van der Waals surface area (Å²) in [6.45, 7) is 7.70. The fraction of sp³-hybridized carbons (Fsp3) is 0.667. The molecule has 2 N–H and O–H groups in total. The van der Waals surface area contributed by atoms with Crippen LogP contribution in [0.15, 0.2) is 5.38 Å². The van der Waals surface area contributed by atoms with E-state index in [2.05, 4.69) is 29.5 Å². The molecule has 0 saturated carbocycles. The van der Waals surface area contributed by atoms with E-state index < -0.39 is 0 Å². The molecule has 18 heavy (non-hydrogen) atoms. The maximum absolute atomic E-state index is 12.0. The molecule has 0 radical (unpaired) electrons. The first-order valence-corrected chi connectivity index (χ1v) is 6.88. The number of rotatable bonds is 4. The molecule has 1 aliphatic heterocycles. The number of hydrogen-bond donors (Lipinski definition) is 2. The molecule has 2 heterocycles. The molecule has 0 spiro atoms. The van der Waals surface area contributed by atoms with Crippen molar-refractivity contribution in [1.29, 1.82) is 0 Å². The summed E-state index contributed by atoms with van der Waals surface area (Å²) in [5.41, 5.74) is 0.690. The third-order valence-corrected chi connectivity index (χ3v) is 4.57. The molecule has 1 aromatic rings. The summed E-state index contributed by atoms with van der Waals surface area (Å²) in [6.07, 6.45) is 0.853. The van der Waals surface area contributed by atoms with Crippen LogP contribution in [0.2, 0.25) is 0 Å². The molecule has 1 amide bonds. The third kappa shape index (κ3) is 3.02. The maximum atomic E-state index is 12.0. The first-order valence-electron chi connectivity index (χ1n) is 6.00. The van der Waals surface area contributed by atoms with Crippen LogP contribution < -0.4 is 10.6 Å². The van der Waals surface area contributed by atoms with Crippen molar-refractivity contribution in [2.75, 3.05) is 13.1 Å². The SMILES string of the molecule is CCC(C)(NC(=O)C1CNC1)c1nc(C)cs1.Cl. The number of halogens is 1. The Morgan fingerprint density at radius 1 is 1.67 bits per heavy atom. The smallest absolute Gasteiger partial charge is 0.226 e. The highest BCUT2D eigenvalue weighted by molar-refractivity contribution is 7.09. The average Bonchev–Trinajstić information content (AvgIpc) is 2.62. The van der Waals surface area contributed by atoms with Gasteiger partial charge in [0.2, 0.25) is 5.91 Å². The minimum Gasteiger partial charge on any atom is -0.344 e. The van der Waals surface area contributed by atoms with Gasteiger partial charge in [0.1, 0.15) is 5.01 Å². The molecule has 1 atom stereocenters. The van der Waals surface area contributed by atoms with Crippen LogP contribution in [0, 0.1) is 12.8 Å². The molecule has 1 saturated heterocycles. The van der Waals surface area contributed by atoms with E-state index in [1.807, 2.05) is 12.3 Å². The van der Waals surface area contributed by atoms with Crippen LogP contribution in [-0.4, -0.2) is 24.0 Å². The lowest BCUT2D eigenvalue weighted by atomic mass is 9.96. The van der Waals surface area contributed by atoms with Crippen LogP contribution >= 0.6 is 23.7 Å². The molecule has 2 rings (SSSR count). The first kappa shape index (κ1) is 15.4. The van der Waals surface area contributed by atoms with E-state index in [0.717, 1.165) is 30.2 Å². The fourth-order valence-electron chi connectivity index (χ4n) is 1.75. The topological polar surface area (TPSA) is 54.0 Å². The van der Waals surface area contributed by atoms with Gasteiger partial charge >= 0.3 is 0 Å². The van der Waals surface area contributed by atoms with Gasteiger partial charge in [0.15, 0.2) is 0 Å². The molecule has 102 valence electrons. The van der Waals surface area contributed by atoms with E-state index in [-0.39, 0.29) is 29.8 Å². The third-order valence-electron chi connectivity index (χ3n) is 3.35. The van der Waals surface area contributed by atoms with Crippen molar-refractivity contribution in [3.8, 4) is 0 Å². The predicted molar refractivity (Wildman–Crippen MR) is 76.2 cm³/mol. The molecular weight excluding hydrogens is 270 g/mol. The van der Waals surface area contributed by atoms with Crippen LogP contribution in [-0.2, 0) is 10.3 Å². The Kier molecular flexibility index (Phi) is 5.13. The normalized spacial score (nSPS) is 18.4. The van der Waals surface area contributed by atoms with E-state index in [0.29, 0.717) is 0 Å². The molecule has 0 aliphatic carbocycles. The van der Waals surface area contributed by atoms with Gasteiger partial charge in [0, 0.05) is 24.2 Å². The summed E-state index contributed by atoms with van der Waals surface area (Å²) >= 11 is 1.62. The number of carbonyl (C=O) groups excluding carboxylic acids is 1. The van der Waals surface area contributed by atoms with Crippen LogP contribution in [0.4, 0.5) is 0 Å². The Morgan fingerprint density at radius 2 is 2.33 bits per heavy atom. The molecular formula is C12H20ClN3OS. The van der Waals surface area contributed by atoms with Crippen molar-refractivity contribution in [1.82, 2.24) is 15.6 Å². The van der Waals surface area contributed by atoms with Gasteiger partial charge in [0.05, 0.1) is 11.5 Å². The highest BCUT2D eigenvalue weighted by atomic mass is 35.5. The minimum absolute atomic E-state index is 0. The number of aromatic nitrogens is 1. The van der Waals surface area contributed by atoms with E-state index >= 15 is 0 Å². The van der Waals surface area contributed by atoms with Crippen LogP contribution in [0.25, 0.3) is 0 Å². The zero-order valence-corrected chi connectivity index (χ0v) is 12.6. The van der Waals surface area contributed by atoms with E-state index in [1.165, 1.54) is 0 Å². The maximum Gasteiger partial charge on any atom is 0.226 e. The van der Waals surface area contributed by atoms with E-state index in [1.54, 1.807) is 11.3 Å². The first-order chi connectivity index (χ1) is 8.05. The highest BCUT2D eigenvalue weighted by Gasteiger charge is 2.34. The standard InChI is InChI=1S/C12H19N3OS.ClH/c1-4-12(3,11-14-8(2)7-17-11)15-10(16)9-5-13-6-9;/h7,9,13H,4-6H2,1-3H3,(H,15,16);1H. The molecule has 4 nitrogen and oxygen atoms in total. The molecule has 0 bridgehead atoms. The second kappa shape index (κ2) is 5.99. The number of nitrogens with one attached hydrogen (secondary N) is 2. The Bertz CT molecular complexity index is 419. The number of thiazole rings is 1. The Balaban J connectivity index is 0.00000162. The summed E-state index contributed by atoms with van der Waals surface area (Å²) in [5.74, 6) is 0.267. The molecule has 1 aromatic heterocycles. The van der Waals surface area contributed by atoms with Crippen molar-refractivity contribution in [3.05, 3.63) is 16.1 Å². The zero-order chi connectivity index (χ0) is 12.5. The minimum atomic E-state index is -0.328. The van der Waals surface area contributed by atoms with Crippen LogP contribution in [0.5, 0.6) is 0 Å². The predicted octanol–water partition coefficient (Wildman–Crippen LogP) is 1.83. The number of carbonyl (C=O) groups is 1. The molecule has 1 fully saturated rings. The van der Waals surface area contributed by atoms with Gasteiger partial charge in [-0.15, -0.1) is 23.7 Å². The van der Waals surface area contributed by atoms with Gasteiger partial charge in [-0.3, -0.25) is 4.79 Å². The van der Waals surface area contributed by atoms with Crippen LogP contribution in [0.3, 0.4) is 0 Å². The Hall–Kier alpha value is -0.650. The summed E-state index contributed by atoms with van der Waals surface area (Å²) in [7, 11) is 0. The zero-order valence-electron chi connectivity index (χ0n) is 10.9. The Labute approximate surface area is 118 Å². The van der Waals surface area contributed by atoms with Gasteiger partial charge in [-0.2, -0.15) is 0 Å². The quantitative estimate of drug-likeness (QED) is 0.889. The van der Waals surface area contributed by atoms with Crippen molar-refractivity contribution in [3.63, 3.8) is 0 Å². The van der Waals surface area contributed by atoms with Crippen molar-refractivity contribution >= 4 is 29.7 Å². The summed E-state index contributed by atoms with van der Waals surface area (Å²) in [5, 5.41) is 9.29.